The van der Waals surface area contributed by atoms with E-state index in [4.69, 9.17) is 15.7 Å². The first-order valence-corrected chi connectivity index (χ1v) is 13.7. The summed E-state index contributed by atoms with van der Waals surface area (Å²) in [5.41, 5.74) is 13.0. The average molecular weight is 497 g/mol. The van der Waals surface area contributed by atoms with Crippen LogP contribution in [0, 0.1) is 29.0 Å². The lowest BCUT2D eigenvalue weighted by Gasteiger charge is -2.57. The molecule has 4 bridgehead atoms. The van der Waals surface area contributed by atoms with Crippen molar-refractivity contribution in [2.45, 2.75) is 64.2 Å². The number of anilines is 2. The van der Waals surface area contributed by atoms with Crippen LogP contribution in [0.1, 0.15) is 61.0 Å². The number of nitrogens with zero attached hydrogens (tertiary/aromatic N) is 2. The molecule has 0 unspecified atom stereocenters. The van der Waals surface area contributed by atoms with E-state index < -0.39 is 0 Å². The molecule has 3 N–H and O–H groups in total. The zero-order valence-corrected chi connectivity index (χ0v) is 21.1. The number of aryl methyl sites for hydroxylation is 2. The number of fused-ring (bicyclic) bond motifs is 3. The van der Waals surface area contributed by atoms with E-state index in [2.05, 4.69) is 17.4 Å². The van der Waals surface area contributed by atoms with Crippen LogP contribution in [-0.2, 0) is 30.5 Å². The number of halogens is 1. The summed E-state index contributed by atoms with van der Waals surface area (Å²) in [6, 6.07) is 12.2. The van der Waals surface area contributed by atoms with Crippen LogP contribution in [-0.4, -0.2) is 15.9 Å². The molecule has 1 amide bonds. The SMILES string of the molecule is Nc1ccc2c(c1)CCc1nc(NC(=O)Cc3ccc(F)cc3)c(CC34CC5CC(CC(C5)C3)C4)nc1-2. The van der Waals surface area contributed by atoms with Gasteiger partial charge < -0.3 is 11.1 Å². The van der Waals surface area contributed by atoms with Crippen LogP contribution in [0.5, 0.6) is 0 Å². The Morgan fingerprint density at radius 2 is 1.68 bits per heavy atom. The standard InChI is InChI=1S/C31H33FN4O/c32-23-4-1-18(2-5-23)12-28(37)36-30-27(17-31-14-19-9-20(15-31)11-21(10-19)16-31)34-29-25-7-6-24(33)13-22(25)3-8-26(29)35-30/h1-2,4-7,13,19-21H,3,8-12,14-17,33H2,(H,35,36,37). The molecule has 2 aromatic carbocycles. The molecule has 190 valence electrons. The van der Waals surface area contributed by atoms with E-state index in [9.17, 15) is 9.18 Å². The van der Waals surface area contributed by atoms with Crippen LogP contribution >= 0.6 is 0 Å². The van der Waals surface area contributed by atoms with Gasteiger partial charge in [-0.2, -0.15) is 0 Å². The van der Waals surface area contributed by atoms with Crippen molar-refractivity contribution in [3.8, 4) is 11.3 Å². The molecule has 3 aromatic rings. The van der Waals surface area contributed by atoms with Gasteiger partial charge in [0.05, 0.1) is 23.5 Å². The van der Waals surface area contributed by atoms with Gasteiger partial charge in [-0.05, 0) is 116 Å². The molecule has 4 saturated carbocycles. The lowest BCUT2D eigenvalue weighted by atomic mass is 9.48. The molecule has 8 rings (SSSR count). The number of aromatic nitrogens is 2. The van der Waals surface area contributed by atoms with Gasteiger partial charge in [0.2, 0.25) is 5.91 Å². The molecule has 5 aliphatic rings. The van der Waals surface area contributed by atoms with Gasteiger partial charge in [0.25, 0.3) is 0 Å². The summed E-state index contributed by atoms with van der Waals surface area (Å²) < 4.78 is 13.3. The highest BCUT2D eigenvalue weighted by Crippen LogP contribution is 2.61. The summed E-state index contributed by atoms with van der Waals surface area (Å²) in [4.78, 5) is 23.4. The van der Waals surface area contributed by atoms with Crippen molar-refractivity contribution in [2.24, 2.45) is 23.2 Å². The van der Waals surface area contributed by atoms with Crippen LogP contribution in [0.2, 0.25) is 0 Å². The summed E-state index contributed by atoms with van der Waals surface area (Å²) in [6.45, 7) is 0. The molecule has 6 heteroatoms. The Labute approximate surface area is 217 Å². The van der Waals surface area contributed by atoms with Crippen molar-refractivity contribution in [1.82, 2.24) is 9.97 Å². The smallest absolute Gasteiger partial charge is 0.229 e. The number of amides is 1. The maximum atomic E-state index is 13.3. The Morgan fingerprint density at radius 1 is 0.973 bits per heavy atom. The van der Waals surface area contributed by atoms with Crippen LogP contribution in [0.25, 0.3) is 11.3 Å². The number of rotatable bonds is 5. The highest BCUT2D eigenvalue weighted by atomic mass is 19.1. The lowest BCUT2D eigenvalue weighted by molar-refractivity contribution is -0.115. The van der Waals surface area contributed by atoms with E-state index in [0.29, 0.717) is 5.82 Å². The molecule has 5 nitrogen and oxygen atoms in total. The molecule has 37 heavy (non-hydrogen) atoms. The highest BCUT2D eigenvalue weighted by molar-refractivity contribution is 5.92. The maximum absolute atomic E-state index is 13.3. The van der Waals surface area contributed by atoms with Crippen LogP contribution < -0.4 is 11.1 Å². The molecular formula is C31H33FN4O. The van der Waals surface area contributed by atoms with E-state index in [1.54, 1.807) is 12.1 Å². The molecule has 0 spiro atoms. The van der Waals surface area contributed by atoms with E-state index in [1.807, 2.05) is 6.07 Å². The van der Waals surface area contributed by atoms with Gasteiger partial charge in [-0.1, -0.05) is 18.2 Å². The first-order chi connectivity index (χ1) is 17.9. The van der Waals surface area contributed by atoms with Crippen LogP contribution in [0.3, 0.4) is 0 Å². The Kier molecular flexibility index (Phi) is 5.34. The van der Waals surface area contributed by atoms with E-state index in [0.717, 1.165) is 70.9 Å². The van der Waals surface area contributed by atoms with Gasteiger partial charge in [-0.3, -0.25) is 4.79 Å². The number of nitrogens with two attached hydrogens (primary N) is 1. The Hall–Kier alpha value is -3.28. The van der Waals surface area contributed by atoms with Crippen molar-refractivity contribution in [2.75, 3.05) is 11.1 Å². The highest BCUT2D eigenvalue weighted by Gasteiger charge is 2.51. The molecular weight excluding hydrogens is 463 g/mol. The van der Waals surface area contributed by atoms with E-state index in [-0.39, 0.29) is 23.6 Å². The second-order valence-corrected chi connectivity index (χ2v) is 12.2. The Bertz CT molecular complexity index is 1350. The predicted octanol–water partition coefficient (Wildman–Crippen LogP) is 5.90. The summed E-state index contributed by atoms with van der Waals surface area (Å²) in [5, 5.41) is 3.11. The van der Waals surface area contributed by atoms with Crippen molar-refractivity contribution in [1.29, 1.82) is 0 Å². The first-order valence-electron chi connectivity index (χ1n) is 13.7. The Balaban J connectivity index is 1.24. The molecule has 0 radical (unpaired) electrons. The Morgan fingerprint density at radius 3 is 2.38 bits per heavy atom. The molecule has 0 aliphatic heterocycles. The lowest BCUT2D eigenvalue weighted by Crippen LogP contribution is -2.47. The van der Waals surface area contributed by atoms with Gasteiger partial charge in [0.1, 0.15) is 5.82 Å². The van der Waals surface area contributed by atoms with Crippen molar-refractivity contribution in [3.63, 3.8) is 0 Å². The second kappa shape index (κ2) is 8.64. The third kappa shape index (κ3) is 4.30. The van der Waals surface area contributed by atoms with Crippen molar-refractivity contribution in [3.05, 3.63) is 70.8 Å². The summed E-state index contributed by atoms with van der Waals surface area (Å²) in [6.07, 6.45) is 10.7. The molecule has 4 fully saturated rings. The molecule has 0 saturated heterocycles. The maximum Gasteiger partial charge on any atom is 0.229 e. The predicted molar refractivity (Wildman–Crippen MR) is 142 cm³/mol. The quantitative estimate of drug-likeness (QED) is 0.431. The zero-order chi connectivity index (χ0) is 25.1. The second-order valence-electron chi connectivity index (χ2n) is 12.2. The van der Waals surface area contributed by atoms with Crippen molar-refractivity contribution >= 4 is 17.4 Å². The topological polar surface area (TPSA) is 80.9 Å². The minimum Gasteiger partial charge on any atom is -0.399 e. The first kappa shape index (κ1) is 22.9. The van der Waals surface area contributed by atoms with Gasteiger partial charge in [0.15, 0.2) is 5.82 Å². The third-order valence-electron chi connectivity index (χ3n) is 9.30. The van der Waals surface area contributed by atoms with Crippen LogP contribution in [0.15, 0.2) is 42.5 Å². The molecule has 1 aromatic heterocycles. The summed E-state index contributed by atoms with van der Waals surface area (Å²) >= 11 is 0. The van der Waals surface area contributed by atoms with Gasteiger partial charge in [0, 0.05) is 11.3 Å². The summed E-state index contributed by atoms with van der Waals surface area (Å²) in [5.74, 6) is 2.70. The number of carbonyl (C=O) groups is 1. The van der Waals surface area contributed by atoms with Crippen LogP contribution in [0.4, 0.5) is 15.9 Å². The van der Waals surface area contributed by atoms with E-state index >= 15 is 0 Å². The number of hydrogen-bond donors (Lipinski definition) is 2. The number of carbonyl (C=O) groups excluding carboxylic acids is 1. The van der Waals surface area contributed by atoms with Gasteiger partial charge in [-0.25, -0.2) is 14.4 Å². The molecule has 1 heterocycles. The zero-order valence-electron chi connectivity index (χ0n) is 21.1. The number of nitrogen functional groups attached to an aromatic ring is 1. The minimum atomic E-state index is -0.301. The third-order valence-corrected chi connectivity index (χ3v) is 9.30. The number of hydrogen-bond acceptors (Lipinski definition) is 4. The normalized spacial score (nSPS) is 27.0. The fourth-order valence-corrected chi connectivity index (χ4v) is 8.25. The fourth-order valence-electron chi connectivity index (χ4n) is 8.25. The summed E-state index contributed by atoms with van der Waals surface area (Å²) in [7, 11) is 0. The molecule has 5 aliphatic carbocycles. The van der Waals surface area contributed by atoms with E-state index in [1.165, 1.54) is 56.2 Å². The minimum absolute atomic E-state index is 0.142. The fraction of sp³-hybridized carbons (Fsp3) is 0.452. The van der Waals surface area contributed by atoms with Gasteiger partial charge in [-0.15, -0.1) is 0 Å². The largest absolute Gasteiger partial charge is 0.399 e. The number of benzene rings is 2. The monoisotopic (exact) mass is 496 g/mol. The molecule has 0 atom stereocenters. The average Bonchev–Trinajstić information content (AvgIpc) is 2.84. The van der Waals surface area contributed by atoms with Gasteiger partial charge >= 0.3 is 0 Å². The van der Waals surface area contributed by atoms with Crippen molar-refractivity contribution < 1.29 is 9.18 Å². The number of nitrogens with one attached hydrogen (secondary N) is 1.